The van der Waals surface area contributed by atoms with Crippen LogP contribution in [0.15, 0.2) is 30.3 Å². The lowest BCUT2D eigenvalue weighted by molar-refractivity contribution is -0.134. The SMILES string of the molecule is CN(CC(=O)NC(CCCCBr)B(O)O)C(=O)CCc1ccccc1. The number of aryl methyl sites for hydroxylation is 1. The van der Waals surface area contributed by atoms with Gasteiger partial charge in [-0.15, -0.1) is 0 Å². The summed E-state index contributed by atoms with van der Waals surface area (Å²) in [5, 5.41) is 22.1. The summed E-state index contributed by atoms with van der Waals surface area (Å²) in [6, 6.07) is 9.69. The molecule has 0 heterocycles. The molecule has 1 atom stereocenters. The Morgan fingerprint density at radius 2 is 1.92 bits per heavy atom. The van der Waals surface area contributed by atoms with Crippen LogP contribution in [0.2, 0.25) is 0 Å². The lowest BCUT2D eigenvalue weighted by Gasteiger charge is -2.21. The maximum atomic E-state index is 12.1. The first-order chi connectivity index (χ1) is 11.9. The number of rotatable bonds is 11. The predicted octanol–water partition coefficient (Wildman–Crippen LogP) is 1.14. The molecule has 138 valence electrons. The highest BCUT2D eigenvalue weighted by molar-refractivity contribution is 9.09. The fraction of sp³-hybridized carbons (Fsp3) is 0.529. The van der Waals surface area contributed by atoms with Gasteiger partial charge in [0, 0.05) is 18.8 Å². The molecule has 25 heavy (non-hydrogen) atoms. The van der Waals surface area contributed by atoms with Crippen LogP contribution < -0.4 is 5.32 Å². The number of nitrogens with one attached hydrogen (secondary N) is 1. The molecule has 0 bridgehead atoms. The highest BCUT2D eigenvalue weighted by atomic mass is 79.9. The molecule has 8 heteroatoms. The van der Waals surface area contributed by atoms with Gasteiger partial charge in [0.1, 0.15) is 0 Å². The Hall–Kier alpha value is -1.38. The van der Waals surface area contributed by atoms with Gasteiger partial charge in [0.25, 0.3) is 0 Å². The van der Waals surface area contributed by atoms with Crippen LogP contribution >= 0.6 is 15.9 Å². The van der Waals surface area contributed by atoms with Gasteiger partial charge in [0.15, 0.2) is 0 Å². The summed E-state index contributed by atoms with van der Waals surface area (Å²) < 4.78 is 0. The van der Waals surface area contributed by atoms with E-state index in [4.69, 9.17) is 0 Å². The first kappa shape index (κ1) is 21.7. The Morgan fingerprint density at radius 1 is 1.24 bits per heavy atom. The minimum Gasteiger partial charge on any atom is -0.426 e. The number of alkyl halides is 1. The number of hydrogen-bond acceptors (Lipinski definition) is 4. The normalized spacial score (nSPS) is 11.7. The van der Waals surface area contributed by atoms with Gasteiger partial charge in [-0.2, -0.15) is 0 Å². The van der Waals surface area contributed by atoms with Gasteiger partial charge in [-0.25, -0.2) is 0 Å². The summed E-state index contributed by atoms with van der Waals surface area (Å²) in [4.78, 5) is 25.5. The number of hydrogen-bond donors (Lipinski definition) is 3. The molecule has 2 amide bonds. The van der Waals surface area contributed by atoms with E-state index >= 15 is 0 Å². The molecule has 1 unspecified atom stereocenters. The van der Waals surface area contributed by atoms with Crippen molar-refractivity contribution in [1.29, 1.82) is 0 Å². The van der Waals surface area contributed by atoms with Crippen LogP contribution in [0.4, 0.5) is 0 Å². The Labute approximate surface area is 157 Å². The lowest BCUT2D eigenvalue weighted by Crippen LogP contribution is -2.49. The zero-order valence-electron chi connectivity index (χ0n) is 14.5. The molecule has 1 rings (SSSR count). The van der Waals surface area contributed by atoms with Gasteiger partial charge in [-0.1, -0.05) is 52.7 Å². The fourth-order valence-electron chi connectivity index (χ4n) is 2.40. The van der Waals surface area contributed by atoms with Crippen molar-refractivity contribution < 1.29 is 19.6 Å². The number of amides is 2. The van der Waals surface area contributed by atoms with Crippen molar-refractivity contribution in [3.8, 4) is 0 Å². The van der Waals surface area contributed by atoms with E-state index in [0.29, 0.717) is 19.3 Å². The molecule has 0 saturated heterocycles. The second kappa shape index (κ2) is 12.1. The largest absolute Gasteiger partial charge is 0.475 e. The smallest absolute Gasteiger partial charge is 0.426 e. The van der Waals surface area contributed by atoms with Crippen molar-refractivity contribution >= 4 is 34.9 Å². The van der Waals surface area contributed by atoms with Gasteiger partial charge in [-0.05, 0) is 24.8 Å². The average Bonchev–Trinajstić information content (AvgIpc) is 2.59. The van der Waals surface area contributed by atoms with Crippen LogP contribution in [0.3, 0.4) is 0 Å². The Balaban J connectivity index is 2.39. The van der Waals surface area contributed by atoms with Crippen LogP contribution in [0, 0.1) is 0 Å². The molecule has 0 saturated carbocycles. The maximum Gasteiger partial charge on any atom is 0.475 e. The Bertz CT molecular complexity index is 531. The van der Waals surface area contributed by atoms with Crippen LogP contribution in [-0.4, -0.2) is 58.7 Å². The first-order valence-electron chi connectivity index (χ1n) is 8.43. The number of likely N-dealkylation sites (N-methyl/N-ethyl adjacent to an activating group) is 1. The van der Waals surface area contributed by atoms with E-state index in [-0.39, 0.29) is 12.5 Å². The van der Waals surface area contributed by atoms with Crippen LogP contribution in [0.1, 0.15) is 31.2 Å². The van der Waals surface area contributed by atoms with Crippen LogP contribution in [0.25, 0.3) is 0 Å². The van der Waals surface area contributed by atoms with Crippen LogP contribution in [-0.2, 0) is 16.0 Å². The van der Waals surface area contributed by atoms with Gasteiger partial charge in [0.2, 0.25) is 11.8 Å². The third-order valence-corrected chi connectivity index (χ3v) is 4.44. The van der Waals surface area contributed by atoms with Gasteiger partial charge >= 0.3 is 7.12 Å². The monoisotopic (exact) mass is 412 g/mol. The fourth-order valence-corrected chi connectivity index (χ4v) is 2.79. The number of carbonyl (C=O) groups excluding carboxylic acids is 2. The van der Waals surface area contributed by atoms with Crippen molar-refractivity contribution in [3.63, 3.8) is 0 Å². The molecule has 0 aliphatic heterocycles. The molecule has 0 aromatic heterocycles. The highest BCUT2D eigenvalue weighted by Crippen LogP contribution is 2.06. The second-order valence-electron chi connectivity index (χ2n) is 6.01. The summed E-state index contributed by atoms with van der Waals surface area (Å²) in [6.07, 6.45) is 3.07. The van der Waals surface area contributed by atoms with E-state index in [0.717, 1.165) is 23.7 Å². The maximum absolute atomic E-state index is 12.1. The van der Waals surface area contributed by atoms with Crippen LogP contribution in [0.5, 0.6) is 0 Å². The molecule has 0 spiro atoms. The summed E-state index contributed by atoms with van der Waals surface area (Å²) in [7, 11) is -0.0411. The summed E-state index contributed by atoms with van der Waals surface area (Å²) in [5.74, 6) is -1.24. The summed E-state index contributed by atoms with van der Waals surface area (Å²) in [6.45, 7) is -0.102. The van der Waals surface area contributed by atoms with Gasteiger partial charge in [0.05, 0.1) is 12.5 Å². The van der Waals surface area contributed by atoms with E-state index in [9.17, 15) is 19.6 Å². The zero-order valence-corrected chi connectivity index (χ0v) is 16.1. The van der Waals surface area contributed by atoms with Gasteiger partial charge < -0.3 is 20.3 Å². The minimum absolute atomic E-state index is 0.102. The molecule has 3 N–H and O–H groups in total. The predicted molar refractivity (Wildman–Crippen MR) is 102 cm³/mol. The molecule has 0 radical (unpaired) electrons. The third kappa shape index (κ3) is 9.04. The molecule has 0 fully saturated rings. The molecular weight excluding hydrogens is 387 g/mol. The highest BCUT2D eigenvalue weighted by Gasteiger charge is 2.25. The summed E-state index contributed by atoms with van der Waals surface area (Å²) in [5.41, 5.74) is 1.07. The van der Waals surface area contributed by atoms with Crippen molar-refractivity contribution in [1.82, 2.24) is 10.2 Å². The van der Waals surface area contributed by atoms with E-state index in [1.54, 1.807) is 7.05 Å². The third-order valence-electron chi connectivity index (χ3n) is 3.88. The molecule has 0 aliphatic rings. The number of benzene rings is 1. The standard InChI is InChI=1S/C17H26BBrN2O4/c1-21(17(23)11-10-14-7-3-2-4-8-14)13-16(22)20-15(18(24)25)9-5-6-12-19/h2-4,7-8,15,24-25H,5-6,9-13H2,1H3,(H,20,22). The van der Waals surface area contributed by atoms with Crippen molar-refractivity contribution in [2.45, 2.75) is 38.0 Å². The quantitative estimate of drug-likeness (QED) is 0.289. The molecular formula is C17H26BBrN2O4. The topological polar surface area (TPSA) is 89.9 Å². The second-order valence-corrected chi connectivity index (χ2v) is 6.80. The lowest BCUT2D eigenvalue weighted by atomic mass is 9.76. The zero-order chi connectivity index (χ0) is 18.7. The van der Waals surface area contributed by atoms with E-state index in [1.165, 1.54) is 4.90 Å². The van der Waals surface area contributed by atoms with Crippen molar-refractivity contribution in [2.24, 2.45) is 0 Å². The first-order valence-corrected chi connectivity index (χ1v) is 9.55. The molecule has 0 aliphatic carbocycles. The molecule has 1 aromatic rings. The minimum atomic E-state index is -1.61. The van der Waals surface area contributed by atoms with E-state index in [1.807, 2.05) is 30.3 Å². The molecule has 1 aromatic carbocycles. The molecule has 6 nitrogen and oxygen atoms in total. The van der Waals surface area contributed by atoms with Crippen molar-refractivity contribution in [2.75, 3.05) is 18.9 Å². The average molecular weight is 413 g/mol. The van der Waals surface area contributed by atoms with E-state index < -0.39 is 19.0 Å². The number of halogens is 1. The Morgan fingerprint density at radius 3 is 2.52 bits per heavy atom. The van der Waals surface area contributed by atoms with E-state index in [2.05, 4.69) is 21.2 Å². The number of carbonyl (C=O) groups is 2. The van der Waals surface area contributed by atoms with Crippen molar-refractivity contribution in [3.05, 3.63) is 35.9 Å². The Kier molecular flexibility index (Phi) is 10.4. The number of unbranched alkanes of at least 4 members (excludes halogenated alkanes) is 1. The number of nitrogens with zero attached hydrogens (tertiary/aromatic N) is 1. The van der Waals surface area contributed by atoms with Gasteiger partial charge in [-0.3, -0.25) is 9.59 Å². The summed E-state index contributed by atoms with van der Waals surface area (Å²) >= 11 is 3.31.